The standard InChI is InChI=1S/C13H17FN2O6/c1-3-8(18)16-9(19)4-5-15(12(16)21)11-13(2,14)10(20)7(6-17)22-11/h4-5,7,10-11,17,20H,3,6H2,1-2H3/t7-,10-,11-,13+/m1/s1. The monoisotopic (exact) mass is 316 g/mol. The number of aliphatic hydroxyl groups excluding tert-OH is 2. The number of rotatable bonds is 3. The predicted molar refractivity (Wildman–Crippen MR) is 72.4 cm³/mol. The highest BCUT2D eigenvalue weighted by atomic mass is 19.1. The molecule has 9 heteroatoms. The van der Waals surface area contributed by atoms with Crippen LogP contribution in [-0.2, 0) is 4.74 Å². The lowest BCUT2D eigenvalue weighted by Gasteiger charge is -2.25. The molecule has 2 N–H and O–H groups in total. The summed E-state index contributed by atoms with van der Waals surface area (Å²) in [5, 5.41) is 18.9. The first-order valence-corrected chi connectivity index (χ1v) is 6.76. The van der Waals surface area contributed by atoms with E-state index in [4.69, 9.17) is 9.84 Å². The summed E-state index contributed by atoms with van der Waals surface area (Å²) >= 11 is 0. The number of carbonyl (C=O) groups excluding carboxylic acids is 1. The average molecular weight is 316 g/mol. The Morgan fingerprint density at radius 3 is 2.64 bits per heavy atom. The molecule has 1 aromatic heterocycles. The summed E-state index contributed by atoms with van der Waals surface area (Å²) in [5.41, 5.74) is -4.26. The van der Waals surface area contributed by atoms with Gasteiger partial charge in [0.25, 0.3) is 5.56 Å². The van der Waals surface area contributed by atoms with E-state index in [0.717, 1.165) is 23.8 Å². The molecule has 1 aliphatic heterocycles. The molecule has 8 nitrogen and oxygen atoms in total. The van der Waals surface area contributed by atoms with Crippen molar-refractivity contribution in [2.75, 3.05) is 6.61 Å². The first-order valence-electron chi connectivity index (χ1n) is 6.76. The van der Waals surface area contributed by atoms with Crippen LogP contribution in [-0.4, -0.2) is 49.7 Å². The molecule has 22 heavy (non-hydrogen) atoms. The molecule has 0 saturated carbocycles. The molecule has 1 aliphatic rings. The minimum absolute atomic E-state index is 0.0839. The van der Waals surface area contributed by atoms with Crippen molar-refractivity contribution in [1.82, 2.24) is 9.13 Å². The number of ether oxygens (including phenoxy) is 1. The molecule has 0 amide bonds. The lowest BCUT2D eigenvalue weighted by atomic mass is 9.98. The number of aromatic nitrogens is 2. The number of hydrogen-bond acceptors (Lipinski definition) is 6. The third-order valence-corrected chi connectivity index (χ3v) is 3.71. The van der Waals surface area contributed by atoms with E-state index in [-0.39, 0.29) is 6.42 Å². The van der Waals surface area contributed by atoms with Gasteiger partial charge in [-0.25, -0.2) is 9.18 Å². The lowest BCUT2D eigenvalue weighted by Crippen LogP contribution is -2.48. The number of alkyl halides is 1. The summed E-state index contributed by atoms with van der Waals surface area (Å²) in [6.07, 6.45) is -3.52. The molecular weight excluding hydrogens is 299 g/mol. The van der Waals surface area contributed by atoms with Gasteiger partial charge in [-0.1, -0.05) is 6.92 Å². The minimum atomic E-state index is -2.38. The molecule has 1 aromatic rings. The van der Waals surface area contributed by atoms with E-state index in [2.05, 4.69) is 0 Å². The number of carbonyl (C=O) groups is 1. The van der Waals surface area contributed by atoms with Crippen molar-refractivity contribution in [3.63, 3.8) is 0 Å². The molecule has 1 fully saturated rings. The van der Waals surface area contributed by atoms with Crippen LogP contribution in [0.15, 0.2) is 21.9 Å². The molecule has 4 atom stereocenters. The van der Waals surface area contributed by atoms with Gasteiger partial charge >= 0.3 is 5.69 Å². The van der Waals surface area contributed by atoms with Gasteiger partial charge in [0.15, 0.2) is 11.9 Å². The molecule has 0 bridgehead atoms. The van der Waals surface area contributed by atoms with Gasteiger partial charge in [0.1, 0.15) is 12.2 Å². The zero-order valence-corrected chi connectivity index (χ0v) is 12.1. The average Bonchev–Trinajstić information content (AvgIpc) is 2.70. The van der Waals surface area contributed by atoms with Gasteiger partial charge in [-0.3, -0.25) is 14.2 Å². The summed E-state index contributed by atoms with van der Waals surface area (Å²) in [5.74, 6) is -0.734. The smallest absolute Gasteiger partial charge is 0.340 e. The van der Waals surface area contributed by atoms with Crippen LogP contribution in [0.25, 0.3) is 0 Å². The van der Waals surface area contributed by atoms with Gasteiger partial charge in [0.2, 0.25) is 5.91 Å². The maximum atomic E-state index is 14.7. The van der Waals surface area contributed by atoms with Gasteiger partial charge in [-0.15, -0.1) is 0 Å². The van der Waals surface area contributed by atoms with E-state index in [1.165, 1.54) is 6.92 Å². The van der Waals surface area contributed by atoms with E-state index >= 15 is 0 Å². The van der Waals surface area contributed by atoms with Crippen LogP contribution in [0.5, 0.6) is 0 Å². The molecular formula is C13H17FN2O6. The first-order chi connectivity index (χ1) is 10.3. The zero-order valence-electron chi connectivity index (χ0n) is 12.1. The SMILES string of the molecule is CCC(=O)n1c(=O)ccn([C@@H]2O[C@H](CO)[C@@H](O)[C@]2(C)F)c1=O. The van der Waals surface area contributed by atoms with Crippen molar-refractivity contribution in [1.29, 1.82) is 0 Å². The first kappa shape index (κ1) is 16.5. The Bertz CT molecular complexity index is 695. The van der Waals surface area contributed by atoms with Crippen molar-refractivity contribution in [3.05, 3.63) is 33.1 Å². The number of aliphatic hydroxyl groups is 2. The second-order valence-corrected chi connectivity index (χ2v) is 5.23. The molecule has 2 heterocycles. The molecule has 1 saturated heterocycles. The number of nitrogens with zero attached hydrogens (tertiary/aromatic N) is 2. The molecule has 0 aliphatic carbocycles. The molecule has 0 aromatic carbocycles. The fourth-order valence-corrected chi connectivity index (χ4v) is 2.42. The van der Waals surface area contributed by atoms with Crippen LogP contribution in [0.4, 0.5) is 4.39 Å². The minimum Gasteiger partial charge on any atom is -0.394 e. The van der Waals surface area contributed by atoms with E-state index in [1.807, 2.05) is 0 Å². The van der Waals surface area contributed by atoms with Crippen LogP contribution in [0.1, 0.15) is 31.3 Å². The summed E-state index contributed by atoms with van der Waals surface area (Å²) in [4.78, 5) is 35.6. The summed E-state index contributed by atoms with van der Waals surface area (Å²) in [6.45, 7) is 1.85. The van der Waals surface area contributed by atoms with Crippen LogP contribution >= 0.6 is 0 Å². The van der Waals surface area contributed by atoms with Crippen molar-refractivity contribution >= 4 is 5.91 Å². The van der Waals surface area contributed by atoms with Gasteiger partial charge in [0.05, 0.1) is 6.61 Å². The van der Waals surface area contributed by atoms with Gasteiger partial charge < -0.3 is 14.9 Å². The second-order valence-electron chi connectivity index (χ2n) is 5.23. The maximum absolute atomic E-state index is 14.7. The zero-order chi connectivity index (χ0) is 16.7. The van der Waals surface area contributed by atoms with E-state index in [0.29, 0.717) is 4.57 Å². The van der Waals surface area contributed by atoms with Crippen molar-refractivity contribution in [3.8, 4) is 0 Å². The normalized spacial score (nSPS) is 31.4. The van der Waals surface area contributed by atoms with Crippen molar-refractivity contribution < 1.29 is 24.1 Å². The Hall–Kier alpha value is -1.84. The molecule has 0 radical (unpaired) electrons. The molecule has 2 rings (SSSR count). The van der Waals surface area contributed by atoms with Gasteiger partial charge in [0, 0.05) is 18.7 Å². The van der Waals surface area contributed by atoms with E-state index < -0.39 is 47.9 Å². The van der Waals surface area contributed by atoms with Crippen LogP contribution < -0.4 is 11.2 Å². The Morgan fingerprint density at radius 2 is 2.14 bits per heavy atom. The largest absolute Gasteiger partial charge is 0.394 e. The third-order valence-electron chi connectivity index (χ3n) is 3.71. The lowest BCUT2D eigenvalue weighted by molar-refractivity contribution is -0.0616. The van der Waals surface area contributed by atoms with Crippen LogP contribution in [0, 0.1) is 0 Å². The highest BCUT2D eigenvalue weighted by Gasteiger charge is 2.55. The molecule has 0 unspecified atom stereocenters. The molecule has 122 valence electrons. The van der Waals surface area contributed by atoms with Gasteiger partial charge in [-0.2, -0.15) is 4.57 Å². The number of halogens is 1. The van der Waals surface area contributed by atoms with Crippen molar-refractivity contribution in [2.24, 2.45) is 0 Å². The molecule has 0 spiro atoms. The Kier molecular flexibility index (Phi) is 4.32. The third kappa shape index (κ3) is 2.40. The maximum Gasteiger partial charge on any atom is 0.340 e. The van der Waals surface area contributed by atoms with Crippen LogP contribution in [0.2, 0.25) is 0 Å². The Balaban J connectivity index is 2.57. The topological polar surface area (TPSA) is 111 Å². The summed E-state index contributed by atoms with van der Waals surface area (Å²) in [6, 6.07) is 0.938. The Labute approximate surface area is 124 Å². The van der Waals surface area contributed by atoms with Crippen molar-refractivity contribution in [2.45, 2.75) is 44.4 Å². The van der Waals surface area contributed by atoms with Crippen LogP contribution in [0.3, 0.4) is 0 Å². The van der Waals surface area contributed by atoms with E-state index in [9.17, 15) is 23.9 Å². The quantitative estimate of drug-likeness (QED) is 0.743. The fraction of sp³-hybridized carbons (Fsp3) is 0.615. The van der Waals surface area contributed by atoms with Gasteiger partial charge in [-0.05, 0) is 6.92 Å². The second kappa shape index (κ2) is 5.75. The highest BCUT2D eigenvalue weighted by Crippen LogP contribution is 2.40. The fourth-order valence-electron chi connectivity index (χ4n) is 2.42. The summed E-state index contributed by atoms with van der Waals surface area (Å²) < 4.78 is 21.0. The Morgan fingerprint density at radius 1 is 1.50 bits per heavy atom. The predicted octanol–water partition coefficient (Wildman–Crippen LogP) is -0.961. The summed E-state index contributed by atoms with van der Waals surface area (Å²) in [7, 11) is 0. The van der Waals surface area contributed by atoms with E-state index in [1.54, 1.807) is 0 Å². The number of hydrogen-bond donors (Lipinski definition) is 2. The highest BCUT2D eigenvalue weighted by molar-refractivity contribution is 5.78.